The van der Waals surface area contributed by atoms with E-state index in [4.69, 9.17) is 16.3 Å². The highest BCUT2D eigenvalue weighted by Gasteiger charge is 2.24. The standard InChI is InChI=1S/C20H22ClFN2O5S/c1-4-13(2)23-19(25)12-29-20(26)17-11-16(9-10-18(17)21)30(27,28)24(3)15-7-5-14(22)6-8-15/h5-11,13H,4,12H2,1-3H3,(H,23,25)/t13-/m1/s1. The van der Waals surface area contributed by atoms with E-state index in [9.17, 15) is 22.4 Å². The number of hydrogen-bond acceptors (Lipinski definition) is 5. The summed E-state index contributed by atoms with van der Waals surface area (Å²) in [6.07, 6.45) is 0.715. The van der Waals surface area contributed by atoms with Crippen LogP contribution in [0.3, 0.4) is 0 Å². The second-order valence-corrected chi connectivity index (χ2v) is 8.92. The smallest absolute Gasteiger partial charge is 0.340 e. The van der Waals surface area contributed by atoms with Crippen LogP contribution in [0.5, 0.6) is 0 Å². The summed E-state index contributed by atoms with van der Waals surface area (Å²) >= 11 is 6.03. The minimum atomic E-state index is -4.06. The van der Waals surface area contributed by atoms with E-state index >= 15 is 0 Å². The normalized spacial score (nSPS) is 12.2. The number of carbonyl (C=O) groups excluding carboxylic acids is 2. The van der Waals surface area contributed by atoms with Gasteiger partial charge in [0.25, 0.3) is 15.9 Å². The minimum Gasteiger partial charge on any atom is -0.452 e. The Morgan fingerprint density at radius 3 is 2.43 bits per heavy atom. The Labute approximate surface area is 179 Å². The lowest BCUT2D eigenvalue weighted by atomic mass is 10.2. The molecule has 2 aromatic rings. The number of rotatable bonds is 8. The van der Waals surface area contributed by atoms with Crippen molar-refractivity contribution in [2.24, 2.45) is 0 Å². The van der Waals surface area contributed by atoms with Crippen molar-refractivity contribution in [3.05, 3.63) is 58.9 Å². The van der Waals surface area contributed by atoms with Crippen LogP contribution in [0.15, 0.2) is 47.4 Å². The molecule has 0 unspecified atom stereocenters. The summed E-state index contributed by atoms with van der Waals surface area (Å²) in [6.45, 7) is 3.18. The van der Waals surface area contributed by atoms with Crippen LogP contribution >= 0.6 is 11.6 Å². The quantitative estimate of drug-likeness (QED) is 0.615. The van der Waals surface area contributed by atoms with Crippen LogP contribution in [-0.2, 0) is 19.6 Å². The van der Waals surface area contributed by atoms with Crippen LogP contribution in [0.1, 0.15) is 30.6 Å². The van der Waals surface area contributed by atoms with Gasteiger partial charge in [0.1, 0.15) is 5.82 Å². The molecule has 1 N–H and O–H groups in total. The third-order valence-electron chi connectivity index (χ3n) is 4.36. The van der Waals surface area contributed by atoms with Crippen LogP contribution < -0.4 is 9.62 Å². The summed E-state index contributed by atoms with van der Waals surface area (Å²) in [5, 5.41) is 2.62. The van der Waals surface area contributed by atoms with E-state index in [1.165, 1.54) is 31.3 Å². The summed E-state index contributed by atoms with van der Waals surface area (Å²) in [5.74, 6) is -1.91. The molecule has 0 radical (unpaired) electrons. The molecule has 10 heteroatoms. The molecule has 0 heterocycles. The van der Waals surface area contributed by atoms with Crippen LogP contribution in [-0.4, -0.2) is 40.0 Å². The van der Waals surface area contributed by atoms with Crippen LogP contribution in [0, 0.1) is 5.82 Å². The second kappa shape index (κ2) is 9.90. The van der Waals surface area contributed by atoms with Crippen molar-refractivity contribution in [1.82, 2.24) is 5.32 Å². The molecule has 30 heavy (non-hydrogen) atoms. The molecule has 0 fully saturated rings. The molecule has 0 saturated heterocycles. The summed E-state index contributed by atoms with van der Waals surface area (Å²) in [7, 11) is -2.76. The molecule has 1 atom stereocenters. The van der Waals surface area contributed by atoms with Crippen molar-refractivity contribution in [2.45, 2.75) is 31.2 Å². The van der Waals surface area contributed by atoms with Crippen molar-refractivity contribution in [2.75, 3.05) is 18.0 Å². The third kappa shape index (κ3) is 5.70. The number of hydrogen-bond donors (Lipinski definition) is 1. The number of ether oxygens (including phenoxy) is 1. The Morgan fingerprint density at radius 2 is 1.83 bits per heavy atom. The molecule has 2 aromatic carbocycles. The van der Waals surface area contributed by atoms with Gasteiger partial charge < -0.3 is 10.1 Å². The summed E-state index contributed by atoms with van der Waals surface area (Å²) < 4.78 is 44.8. The Bertz CT molecular complexity index is 1030. The second-order valence-electron chi connectivity index (χ2n) is 6.54. The molecule has 0 aliphatic rings. The van der Waals surface area contributed by atoms with Gasteiger partial charge >= 0.3 is 5.97 Å². The molecule has 0 bridgehead atoms. The summed E-state index contributed by atoms with van der Waals surface area (Å²) in [5.41, 5.74) is 0.0405. The fourth-order valence-corrected chi connectivity index (χ4v) is 3.81. The molecule has 0 spiro atoms. The lowest BCUT2D eigenvalue weighted by Crippen LogP contribution is -2.35. The maximum atomic E-state index is 13.1. The Morgan fingerprint density at radius 1 is 1.20 bits per heavy atom. The molecule has 2 rings (SSSR count). The van der Waals surface area contributed by atoms with Gasteiger partial charge in [-0.05, 0) is 55.8 Å². The first kappa shape index (κ1) is 23.6. The Hall–Kier alpha value is -2.65. The van der Waals surface area contributed by atoms with Crippen molar-refractivity contribution in [3.63, 3.8) is 0 Å². The fraction of sp³-hybridized carbons (Fsp3) is 0.300. The highest BCUT2D eigenvalue weighted by Crippen LogP contribution is 2.26. The first-order chi connectivity index (χ1) is 14.1. The average Bonchev–Trinajstić information content (AvgIpc) is 2.72. The maximum Gasteiger partial charge on any atom is 0.340 e. The van der Waals surface area contributed by atoms with Crippen molar-refractivity contribution in [1.29, 1.82) is 0 Å². The SMILES string of the molecule is CC[C@@H](C)NC(=O)COC(=O)c1cc(S(=O)(=O)N(C)c2ccc(F)cc2)ccc1Cl. The highest BCUT2D eigenvalue weighted by atomic mass is 35.5. The number of esters is 1. The summed E-state index contributed by atoms with van der Waals surface area (Å²) in [6, 6.07) is 8.39. The molecule has 0 aromatic heterocycles. The van der Waals surface area contributed by atoms with Crippen LogP contribution in [0.4, 0.5) is 10.1 Å². The largest absolute Gasteiger partial charge is 0.452 e. The van der Waals surface area contributed by atoms with E-state index in [0.29, 0.717) is 6.42 Å². The maximum absolute atomic E-state index is 13.1. The molecule has 0 aliphatic heterocycles. The first-order valence-corrected chi connectivity index (χ1v) is 10.9. The van der Waals surface area contributed by atoms with E-state index in [2.05, 4.69) is 5.32 Å². The molecule has 0 saturated carbocycles. The first-order valence-electron chi connectivity index (χ1n) is 9.06. The van der Waals surface area contributed by atoms with Gasteiger partial charge in [-0.1, -0.05) is 18.5 Å². The number of sulfonamides is 1. The number of nitrogens with zero attached hydrogens (tertiary/aromatic N) is 1. The van der Waals surface area contributed by atoms with Crippen LogP contribution in [0.2, 0.25) is 5.02 Å². The van der Waals surface area contributed by atoms with Crippen molar-refractivity contribution < 1.29 is 27.1 Å². The number of anilines is 1. The predicted molar refractivity (Wildman–Crippen MR) is 112 cm³/mol. The number of amides is 1. The predicted octanol–water partition coefficient (Wildman–Crippen LogP) is 3.38. The van der Waals surface area contributed by atoms with Gasteiger partial charge in [0, 0.05) is 13.1 Å². The topological polar surface area (TPSA) is 92.8 Å². The zero-order chi connectivity index (χ0) is 22.5. The van der Waals surface area contributed by atoms with Crippen molar-refractivity contribution in [3.8, 4) is 0 Å². The Kier molecular flexibility index (Phi) is 7.80. The van der Waals surface area contributed by atoms with Gasteiger partial charge in [-0.25, -0.2) is 17.6 Å². The molecule has 7 nitrogen and oxygen atoms in total. The molecular formula is C20H22ClFN2O5S. The fourth-order valence-electron chi connectivity index (χ4n) is 2.40. The molecule has 0 aliphatic carbocycles. The van der Waals surface area contributed by atoms with Gasteiger partial charge in [0.2, 0.25) is 0 Å². The zero-order valence-electron chi connectivity index (χ0n) is 16.7. The average molecular weight is 457 g/mol. The van der Waals surface area contributed by atoms with E-state index in [-0.39, 0.29) is 27.2 Å². The molecular weight excluding hydrogens is 435 g/mol. The monoisotopic (exact) mass is 456 g/mol. The lowest BCUT2D eigenvalue weighted by Gasteiger charge is -2.20. The van der Waals surface area contributed by atoms with Gasteiger partial charge in [-0.3, -0.25) is 9.10 Å². The van der Waals surface area contributed by atoms with E-state index in [0.717, 1.165) is 22.5 Å². The highest BCUT2D eigenvalue weighted by molar-refractivity contribution is 7.92. The summed E-state index contributed by atoms with van der Waals surface area (Å²) in [4.78, 5) is 23.9. The van der Waals surface area contributed by atoms with Gasteiger partial charge in [0.15, 0.2) is 6.61 Å². The van der Waals surface area contributed by atoms with Gasteiger partial charge in [-0.2, -0.15) is 0 Å². The van der Waals surface area contributed by atoms with Gasteiger partial charge in [0.05, 0.1) is 21.2 Å². The number of nitrogens with one attached hydrogen (secondary N) is 1. The third-order valence-corrected chi connectivity index (χ3v) is 6.47. The molecule has 1 amide bonds. The van der Waals surface area contributed by atoms with E-state index < -0.39 is 34.3 Å². The number of carbonyl (C=O) groups is 2. The van der Waals surface area contributed by atoms with E-state index in [1.54, 1.807) is 0 Å². The van der Waals surface area contributed by atoms with E-state index in [1.807, 2.05) is 13.8 Å². The van der Waals surface area contributed by atoms with Crippen LogP contribution in [0.25, 0.3) is 0 Å². The number of halogens is 2. The minimum absolute atomic E-state index is 0.0225. The Balaban J connectivity index is 2.22. The molecule has 162 valence electrons. The van der Waals surface area contributed by atoms with Crippen molar-refractivity contribution >= 4 is 39.2 Å². The number of benzene rings is 2. The zero-order valence-corrected chi connectivity index (χ0v) is 18.3. The lowest BCUT2D eigenvalue weighted by molar-refractivity contribution is -0.124. The van der Waals surface area contributed by atoms with Gasteiger partial charge in [-0.15, -0.1) is 0 Å².